The number of rotatable bonds is 5. The lowest BCUT2D eigenvalue weighted by Gasteiger charge is -2.27. The largest absolute Gasteiger partial charge is 0.354 e. The minimum Gasteiger partial charge on any atom is -0.354 e. The molecular weight excluding hydrogens is 358 g/mol. The van der Waals surface area contributed by atoms with Gasteiger partial charge >= 0.3 is 0 Å². The maximum atomic E-state index is 12.3. The summed E-state index contributed by atoms with van der Waals surface area (Å²) in [4.78, 5) is 26.3. The van der Waals surface area contributed by atoms with Crippen LogP contribution < -0.4 is 11.1 Å². The Morgan fingerprint density at radius 1 is 1.22 bits per heavy atom. The lowest BCUT2D eigenvalue weighted by atomic mass is 9.92. The molecule has 0 saturated carbocycles. The number of hydrogen-bond donors (Lipinski definition) is 2. The molecule has 2 amide bonds. The van der Waals surface area contributed by atoms with Crippen molar-refractivity contribution in [2.75, 3.05) is 19.6 Å². The van der Waals surface area contributed by atoms with Crippen molar-refractivity contribution >= 4 is 27.7 Å². The number of nitrogens with zero attached hydrogens (tertiary/aromatic N) is 1. The van der Waals surface area contributed by atoms with Gasteiger partial charge in [0.2, 0.25) is 11.8 Å². The Kier molecular flexibility index (Phi) is 6.18. The fourth-order valence-corrected chi connectivity index (χ4v) is 2.96. The number of likely N-dealkylation sites (tertiary alicyclic amines) is 1. The number of piperidine rings is 1. The lowest BCUT2D eigenvalue weighted by molar-refractivity contribution is -0.132. The molecule has 0 bridgehead atoms. The van der Waals surface area contributed by atoms with E-state index in [9.17, 15) is 9.59 Å². The molecule has 1 atom stereocenters. The van der Waals surface area contributed by atoms with Crippen molar-refractivity contribution in [1.82, 2.24) is 10.2 Å². The van der Waals surface area contributed by atoms with Crippen molar-refractivity contribution < 1.29 is 9.59 Å². The van der Waals surface area contributed by atoms with Crippen molar-refractivity contribution in [2.24, 2.45) is 5.73 Å². The maximum absolute atomic E-state index is 12.3. The zero-order chi connectivity index (χ0) is 16.9. The van der Waals surface area contributed by atoms with E-state index < -0.39 is 5.54 Å². The number of carbonyl (C=O) groups excluding carboxylic acids is 2. The monoisotopic (exact) mass is 381 g/mol. The highest BCUT2D eigenvalue weighted by molar-refractivity contribution is 9.10. The van der Waals surface area contributed by atoms with Crippen molar-refractivity contribution in [1.29, 1.82) is 0 Å². The second-order valence-electron chi connectivity index (χ2n) is 6.16. The number of nitrogens with two attached hydrogens (primary N) is 1. The van der Waals surface area contributed by atoms with E-state index in [0.717, 1.165) is 36.0 Å². The molecule has 6 heteroatoms. The average molecular weight is 382 g/mol. The standard InChI is InChI=1S/C17H24BrN3O2/c1-17(19,13-5-7-14(18)8-6-13)16(23)20-10-9-15(22)21-11-3-2-4-12-21/h5-8H,2-4,9-12,19H2,1H3,(H,20,23). The van der Waals surface area contributed by atoms with Crippen LogP contribution in [-0.2, 0) is 15.1 Å². The quantitative estimate of drug-likeness (QED) is 0.820. The summed E-state index contributed by atoms with van der Waals surface area (Å²) < 4.78 is 0.935. The maximum Gasteiger partial charge on any atom is 0.244 e. The third kappa shape index (κ3) is 4.78. The molecule has 1 heterocycles. The highest BCUT2D eigenvalue weighted by Gasteiger charge is 2.30. The summed E-state index contributed by atoms with van der Waals surface area (Å²) in [5.41, 5.74) is 5.79. The van der Waals surface area contributed by atoms with E-state index in [4.69, 9.17) is 5.73 Å². The van der Waals surface area contributed by atoms with Crippen LogP contribution in [0.1, 0.15) is 38.2 Å². The fourth-order valence-electron chi connectivity index (χ4n) is 2.70. The fraction of sp³-hybridized carbons (Fsp3) is 0.529. The SMILES string of the molecule is CC(N)(C(=O)NCCC(=O)N1CCCCC1)c1ccc(Br)cc1. The summed E-state index contributed by atoms with van der Waals surface area (Å²) in [6.45, 7) is 3.66. The normalized spacial score (nSPS) is 17.4. The smallest absolute Gasteiger partial charge is 0.244 e. The molecule has 1 saturated heterocycles. The molecule has 3 N–H and O–H groups in total. The molecule has 2 rings (SSSR count). The van der Waals surface area contributed by atoms with Gasteiger partial charge in [0.25, 0.3) is 0 Å². The predicted molar refractivity (Wildman–Crippen MR) is 93.7 cm³/mol. The van der Waals surface area contributed by atoms with Gasteiger partial charge in [-0.2, -0.15) is 0 Å². The third-order valence-electron chi connectivity index (χ3n) is 4.25. The van der Waals surface area contributed by atoms with Gasteiger partial charge in [-0.3, -0.25) is 9.59 Å². The first kappa shape index (κ1) is 17.9. The second kappa shape index (κ2) is 7.93. The summed E-state index contributed by atoms with van der Waals surface area (Å²) in [7, 11) is 0. The molecule has 0 spiro atoms. The summed E-state index contributed by atoms with van der Waals surface area (Å²) in [5.74, 6) is -0.168. The number of hydrogen-bond acceptors (Lipinski definition) is 3. The van der Waals surface area contributed by atoms with Crippen molar-refractivity contribution in [3.05, 3.63) is 34.3 Å². The molecule has 1 fully saturated rings. The van der Waals surface area contributed by atoms with E-state index in [0.29, 0.717) is 13.0 Å². The molecule has 0 aliphatic carbocycles. The summed E-state index contributed by atoms with van der Waals surface area (Å²) >= 11 is 3.36. The number of benzene rings is 1. The molecule has 23 heavy (non-hydrogen) atoms. The topological polar surface area (TPSA) is 75.4 Å². The van der Waals surface area contributed by atoms with Crippen molar-refractivity contribution in [3.63, 3.8) is 0 Å². The van der Waals surface area contributed by atoms with E-state index in [1.54, 1.807) is 6.92 Å². The van der Waals surface area contributed by atoms with Crippen LogP contribution in [0.5, 0.6) is 0 Å². The highest BCUT2D eigenvalue weighted by Crippen LogP contribution is 2.20. The number of nitrogens with one attached hydrogen (secondary N) is 1. The molecule has 1 aliphatic rings. The number of halogens is 1. The van der Waals surface area contributed by atoms with E-state index in [2.05, 4.69) is 21.2 Å². The van der Waals surface area contributed by atoms with Crippen LogP contribution in [0.4, 0.5) is 0 Å². The van der Waals surface area contributed by atoms with Gasteiger partial charge in [-0.25, -0.2) is 0 Å². The van der Waals surface area contributed by atoms with Gasteiger partial charge in [0.1, 0.15) is 5.54 Å². The molecule has 0 aromatic heterocycles. The number of carbonyl (C=O) groups is 2. The van der Waals surface area contributed by atoms with Gasteiger partial charge in [-0.05, 0) is 43.9 Å². The molecule has 5 nitrogen and oxygen atoms in total. The first-order valence-corrected chi connectivity index (χ1v) is 8.81. The van der Waals surface area contributed by atoms with Crippen LogP contribution in [0, 0.1) is 0 Å². The van der Waals surface area contributed by atoms with E-state index in [1.807, 2.05) is 29.2 Å². The second-order valence-corrected chi connectivity index (χ2v) is 7.07. The van der Waals surface area contributed by atoms with Gasteiger partial charge < -0.3 is 16.0 Å². The van der Waals surface area contributed by atoms with E-state index in [1.165, 1.54) is 6.42 Å². The molecule has 1 unspecified atom stereocenters. The molecule has 1 aromatic rings. The third-order valence-corrected chi connectivity index (χ3v) is 4.78. The van der Waals surface area contributed by atoms with Crippen molar-refractivity contribution in [2.45, 2.75) is 38.1 Å². The average Bonchev–Trinajstić information content (AvgIpc) is 2.55. The zero-order valence-electron chi connectivity index (χ0n) is 13.5. The Morgan fingerprint density at radius 3 is 2.43 bits per heavy atom. The van der Waals surface area contributed by atoms with Crippen LogP contribution in [0.25, 0.3) is 0 Å². The molecular formula is C17H24BrN3O2. The van der Waals surface area contributed by atoms with Gasteiger partial charge in [-0.15, -0.1) is 0 Å². The molecule has 126 valence electrons. The summed E-state index contributed by atoms with van der Waals surface area (Å²) in [5, 5.41) is 2.78. The minimum atomic E-state index is -1.12. The Balaban J connectivity index is 1.83. The zero-order valence-corrected chi connectivity index (χ0v) is 15.1. The minimum absolute atomic E-state index is 0.104. The Labute approximate surface area is 145 Å². The Morgan fingerprint density at radius 2 is 1.83 bits per heavy atom. The first-order valence-electron chi connectivity index (χ1n) is 8.02. The van der Waals surface area contributed by atoms with Crippen LogP contribution >= 0.6 is 15.9 Å². The van der Waals surface area contributed by atoms with Crippen LogP contribution in [0.3, 0.4) is 0 Å². The van der Waals surface area contributed by atoms with Crippen LogP contribution in [0.15, 0.2) is 28.7 Å². The number of amides is 2. The van der Waals surface area contributed by atoms with Crippen LogP contribution in [0.2, 0.25) is 0 Å². The molecule has 1 aliphatic heterocycles. The molecule has 0 radical (unpaired) electrons. The van der Waals surface area contributed by atoms with Gasteiger partial charge in [0, 0.05) is 30.5 Å². The van der Waals surface area contributed by atoms with E-state index in [-0.39, 0.29) is 11.8 Å². The summed E-state index contributed by atoms with van der Waals surface area (Å²) in [6.07, 6.45) is 3.66. The van der Waals surface area contributed by atoms with Crippen LogP contribution in [-0.4, -0.2) is 36.3 Å². The molecule has 1 aromatic carbocycles. The lowest BCUT2D eigenvalue weighted by Crippen LogP contribution is -2.49. The Bertz CT molecular complexity index is 551. The predicted octanol–water partition coefficient (Wildman–Crippen LogP) is 2.14. The summed E-state index contributed by atoms with van der Waals surface area (Å²) in [6, 6.07) is 7.35. The Hall–Kier alpha value is -1.40. The van der Waals surface area contributed by atoms with Gasteiger partial charge in [-0.1, -0.05) is 28.1 Å². The van der Waals surface area contributed by atoms with Gasteiger partial charge in [0.05, 0.1) is 0 Å². The van der Waals surface area contributed by atoms with Crippen molar-refractivity contribution in [3.8, 4) is 0 Å². The van der Waals surface area contributed by atoms with Gasteiger partial charge in [0.15, 0.2) is 0 Å². The van der Waals surface area contributed by atoms with E-state index >= 15 is 0 Å². The highest BCUT2D eigenvalue weighted by atomic mass is 79.9. The first-order chi connectivity index (χ1) is 10.9.